The predicted octanol–water partition coefficient (Wildman–Crippen LogP) is 4.23. The van der Waals surface area contributed by atoms with Gasteiger partial charge in [0.1, 0.15) is 12.2 Å². The van der Waals surface area contributed by atoms with Crippen molar-refractivity contribution in [2.24, 2.45) is 4.99 Å². The van der Waals surface area contributed by atoms with Crippen molar-refractivity contribution >= 4 is 23.1 Å². The monoisotopic (exact) mass is 253 g/mol. The molecule has 2 aromatic rings. The van der Waals surface area contributed by atoms with Crippen LogP contribution in [0.2, 0.25) is 0 Å². The normalized spacial score (nSPS) is 21.1. The third kappa shape index (κ3) is 2.12. The lowest BCUT2D eigenvalue weighted by atomic mass is 10.0. The van der Waals surface area contributed by atoms with Gasteiger partial charge in [-0.25, -0.2) is 0 Å². The average molecular weight is 253 g/mol. The first-order valence-electron chi connectivity index (χ1n) is 5.77. The number of para-hydroxylation sites is 1. The van der Waals surface area contributed by atoms with Gasteiger partial charge in [0.25, 0.3) is 0 Å². The van der Waals surface area contributed by atoms with Gasteiger partial charge in [0.15, 0.2) is 0 Å². The van der Waals surface area contributed by atoms with E-state index in [0.717, 1.165) is 11.3 Å². The second-order valence-corrected chi connectivity index (χ2v) is 4.33. The van der Waals surface area contributed by atoms with Crippen LogP contribution in [0.25, 0.3) is 0 Å². The molecule has 1 fully saturated rings. The van der Waals surface area contributed by atoms with Crippen LogP contribution in [0, 0.1) is 0 Å². The van der Waals surface area contributed by atoms with Crippen LogP contribution in [-0.2, 0) is 4.74 Å². The van der Waals surface area contributed by atoms with Gasteiger partial charge >= 0.3 is 0 Å². The lowest BCUT2D eigenvalue weighted by Crippen LogP contribution is -1.84. The van der Waals surface area contributed by atoms with Crippen molar-refractivity contribution < 1.29 is 4.74 Å². The second kappa shape index (κ2) is 4.83. The number of isothiocyanates is 1. The average Bonchev–Trinajstić information content (AvgIpc) is 3.21. The summed E-state index contributed by atoms with van der Waals surface area (Å²) in [7, 11) is 0. The van der Waals surface area contributed by atoms with Crippen LogP contribution in [0.1, 0.15) is 23.3 Å². The van der Waals surface area contributed by atoms with Crippen molar-refractivity contribution in [3.05, 3.63) is 65.7 Å². The minimum absolute atomic E-state index is 0.0794. The van der Waals surface area contributed by atoms with E-state index in [-0.39, 0.29) is 12.2 Å². The van der Waals surface area contributed by atoms with Crippen LogP contribution >= 0.6 is 12.2 Å². The minimum Gasteiger partial charge on any atom is -0.359 e. The molecule has 2 unspecified atom stereocenters. The Balaban J connectivity index is 1.89. The van der Waals surface area contributed by atoms with E-state index >= 15 is 0 Å². The maximum Gasteiger partial charge on any atom is 0.116 e. The zero-order valence-electron chi connectivity index (χ0n) is 9.61. The first kappa shape index (κ1) is 11.3. The third-order valence-corrected chi connectivity index (χ3v) is 3.12. The van der Waals surface area contributed by atoms with Gasteiger partial charge in [-0.05, 0) is 23.8 Å². The number of epoxide rings is 1. The first-order valence-corrected chi connectivity index (χ1v) is 6.18. The van der Waals surface area contributed by atoms with E-state index in [1.807, 2.05) is 42.5 Å². The molecule has 88 valence electrons. The second-order valence-electron chi connectivity index (χ2n) is 4.15. The van der Waals surface area contributed by atoms with Crippen molar-refractivity contribution in [3.63, 3.8) is 0 Å². The summed E-state index contributed by atoms with van der Waals surface area (Å²) in [6, 6.07) is 18.1. The van der Waals surface area contributed by atoms with Gasteiger partial charge in [-0.15, -0.1) is 0 Å². The number of aliphatic imine (C=N–C) groups is 1. The number of hydrogen-bond acceptors (Lipinski definition) is 3. The molecule has 3 rings (SSSR count). The Kier molecular flexibility index (Phi) is 3.03. The number of nitrogens with zero attached hydrogens (tertiary/aromatic N) is 1. The minimum atomic E-state index is 0.0794. The molecule has 2 aromatic carbocycles. The molecular weight excluding hydrogens is 242 g/mol. The van der Waals surface area contributed by atoms with Crippen LogP contribution in [0.3, 0.4) is 0 Å². The lowest BCUT2D eigenvalue weighted by molar-refractivity contribution is 0.378. The van der Waals surface area contributed by atoms with Crippen molar-refractivity contribution in [2.75, 3.05) is 0 Å². The summed E-state index contributed by atoms with van der Waals surface area (Å²) in [6.07, 6.45) is 0.211. The molecule has 18 heavy (non-hydrogen) atoms. The van der Waals surface area contributed by atoms with Crippen LogP contribution in [0.15, 0.2) is 59.6 Å². The van der Waals surface area contributed by atoms with Crippen LogP contribution in [0.5, 0.6) is 0 Å². The largest absolute Gasteiger partial charge is 0.359 e. The van der Waals surface area contributed by atoms with Gasteiger partial charge in [0.2, 0.25) is 0 Å². The summed E-state index contributed by atoms with van der Waals surface area (Å²) in [5, 5.41) is 2.41. The quantitative estimate of drug-likeness (QED) is 0.464. The molecule has 2 nitrogen and oxygen atoms in total. The summed E-state index contributed by atoms with van der Waals surface area (Å²) in [5.41, 5.74) is 3.11. The highest BCUT2D eigenvalue weighted by atomic mass is 32.1. The van der Waals surface area contributed by atoms with Crippen LogP contribution < -0.4 is 0 Å². The number of ether oxygens (including phenoxy) is 1. The van der Waals surface area contributed by atoms with Crippen molar-refractivity contribution in [1.29, 1.82) is 0 Å². The topological polar surface area (TPSA) is 24.9 Å². The molecule has 0 radical (unpaired) electrons. The van der Waals surface area contributed by atoms with Gasteiger partial charge in [-0.2, -0.15) is 4.99 Å². The van der Waals surface area contributed by atoms with E-state index in [1.54, 1.807) is 0 Å². The number of benzene rings is 2. The molecule has 0 saturated carbocycles. The highest BCUT2D eigenvalue weighted by Gasteiger charge is 2.42. The van der Waals surface area contributed by atoms with Gasteiger partial charge in [-0.3, -0.25) is 0 Å². The van der Waals surface area contributed by atoms with Crippen molar-refractivity contribution in [1.82, 2.24) is 0 Å². The van der Waals surface area contributed by atoms with Crippen molar-refractivity contribution in [3.8, 4) is 0 Å². The smallest absolute Gasteiger partial charge is 0.116 e. The van der Waals surface area contributed by atoms with Crippen molar-refractivity contribution in [2.45, 2.75) is 12.2 Å². The van der Waals surface area contributed by atoms with Gasteiger partial charge < -0.3 is 4.74 Å². The summed E-state index contributed by atoms with van der Waals surface area (Å²) in [4.78, 5) is 4.08. The Hall–Kier alpha value is -1.80. The maximum atomic E-state index is 5.75. The molecule has 1 heterocycles. The number of rotatable bonds is 3. The fourth-order valence-electron chi connectivity index (χ4n) is 2.12. The SMILES string of the molecule is S=C=Nc1ccccc1C1OC1c1ccccc1. The zero-order valence-corrected chi connectivity index (χ0v) is 10.4. The Morgan fingerprint density at radius 2 is 1.67 bits per heavy atom. The number of hydrogen-bond donors (Lipinski definition) is 0. The Bertz CT molecular complexity index is 605. The Morgan fingerprint density at radius 3 is 2.44 bits per heavy atom. The molecule has 2 atom stereocenters. The fourth-order valence-corrected chi connectivity index (χ4v) is 2.22. The first-order chi connectivity index (χ1) is 8.90. The molecule has 0 N–H and O–H groups in total. The number of thiocarbonyl (C=S) groups is 1. The highest BCUT2D eigenvalue weighted by molar-refractivity contribution is 7.78. The van der Waals surface area contributed by atoms with Crippen LogP contribution in [-0.4, -0.2) is 5.16 Å². The van der Waals surface area contributed by atoms with Gasteiger partial charge in [0.05, 0.1) is 10.8 Å². The Morgan fingerprint density at radius 1 is 0.944 bits per heavy atom. The van der Waals surface area contributed by atoms with Gasteiger partial charge in [0, 0.05) is 5.56 Å². The van der Waals surface area contributed by atoms with E-state index < -0.39 is 0 Å². The van der Waals surface area contributed by atoms with E-state index in [2.05, 4.69) is 34.5 Å². The fraction of sp³-hybridized carbons (Fsp3) is 0.133. The zero-order chi connectivity index (χ0) is 12.4. The predicted molar refractivity (Wildman–Crippen MR) is 74.1 cm³/mol. The molecular formula is C15H11NOS. The Labute approximate surface area is 111 Å². The third-order valence-electron chi connectivity index (χ3n) is 3.03. The summed E-state index contributed by atoms with van der Waals surface area (Å²) in [5.74, 6) is 0. The van der Waals surface area contributed by atoms with Gasteiger partial charge in [-0.1, -0.05) is 48.5 Å². The molecule has 0 aliphatic carbocycles. The standard InChI is InChI=1S/C15H11NOS/c18-10-16-13-9-5-4-8-12(13)15-14(17-15)11-6-2-1-3-7-11/h1-9,14-15H. The molecule has 3 heteroatoms. The van der Waals surface area contributed by atoms with E-state index in [1.165, 1.54) is 5.56 Å². The molecule has 1 aliphatic rings. The molecule has 0 spiro atoms. The van der Waals surface area contributed by atoms with E-state index in [0.29, 0.717) is 0 Å². The summed E-state index contributed by atoms with van der Waals surface area (Å²) >= 11 is 4.67. The van der Waals surface area contributed by atoms with E-state index in [9.17, 15) is 0 Å². The molecule has 1 aliphatic heterocycles. The van der Waals surface area contributed by atoms with E-state index in [4.69, 9.17) is 4.74 Å². The molecule has 0 bridgehead atoms. The summed E-state index contributed by atoms with van der Waals surface area (Å²) in [6.45, 7) is 0. The van der Waals surface area contributed by atoms with Crippen LogP contribution in [0.4, 0.5) is 5.69 Å². The lowest BCUT2D eigenvalue weighted by Gasteiger charge is -2.00. The molecule has 0 aromatic heterocycles. The summed E-state index contributed by atoms with van der Waals surface area (Å²) < 4.78 is 5.75. The maximum absolute atomic E-state index is 5.75. The highest BCUT2D eigenvalue weighted by Crippen LogP contribution is 2.52. The molecule has 0 amide bonds. The molecule has 1 saturated heterocycles.